The Labute approximate surface area is 105 Å². The first-order valence-electron chi connectivity index (χ1n) is 4.66. The minimum absolute atomic E-state index is 0.00868. The van der Waals surface area contributed by atoms with Crippen molar-refractivity contribution < 1.29 is 0 Å². The molecular formula is C8H11BrN6S. The van der Waals surface area contributed by atoms with E-state index < -0.39 is 0 Å². The highest BCUT2D eigenvalue weighted by Crippen LogP contribution is 2.29. The third-order valence-corrected chi connectivity index (χ3v) is 3.79. The molecule has 86 valence electrons. The number of hydrogen-bond donors (Lipinski definition) is 1. The lowest BCUT2D eigenvalue weighted by Crippen LogP contribution is -2.20. The minimum atomic E-state index is 0.00868. The molecule has 0 saturated heterocycles. The fourth-order valence-corrected chi connectivity index (χ4v) is 2.86. The van der Waals surface area contributed by atoms with E-state index in [1.165, 1.54) is 11.5 Å². The number of hydrogen-bond acceptors (Lipinski definition) is 6. The molecule has 0 aromatic carbocycles. The summed E-state index contributed by atoms with van der Waals surface area (Å²) in [4.78, 5) is 1.08. The summed E-state index contributed by atoms with van der Waals surface area (Å²) in [6.45, 7) is 1.95. The van der Waals surface area contributed by atoms with Crippen LogP contribution >= 0.6 is 27.5 Å². The van der Waals surface area contributed by atoms with Gasteiger partial charge in [0.15, 0.2) is 4.60 Å². The molecule has 8 heteroatoms. The van der Waals surface area contributed by atoms with Gasteiger partial charge in [-0.3, -0.25) is 0 Å². The Balaban J connectivity index is 2.49. The zero-order valence-electron chi connectivity index (χ0n) is 9.10. The number of nitrogens with one attached hydrogen (secondary N) is 1. The molecular weight excluding hydrogens is 292 g/mol. The molecule has 0 fully saturated rings. The third-order valence-electron chi connectivity index (χ3n) is 2.34. The summed E-state index contributed by atoms with van der Waals surface area (Å²) in [6.07, 6.45) is 0. The van der Waals surface area contributed by atoms with Gasteiger partial charge in [-0.2, -0.15) is 0 Å². The predicted octanol–water partition coefficient (Wildman–Crippen LogP) is 1.05. The van der Waals surface area contributed by atoms with E-state index in [4.69, 9.17) is 0 Å². The standard InChI is InChI=1S/C8H11BrN6S/c1-4-7(16-14-11-4)5(10-2)6-8(9)12-13-15(6)3/h5,10H,1-3H3. The second-order valence-electron chi connectivity index (χ2n) is 3.33. The number of aryl methyl sites for hydroxylation is 2. The first kappa shape index (κ1) is 11.6. The minimum Gasteiger partial charge on any atom is -0.307 e. The number of rotatable bonds is 3. The van der Waals surface area contributed by atoms with Gasteiger partial charge in [-0.05, 0) is 41.4 Å². The maximum Gasteiger partial charge on any atom is 0.153 e. The van der Waals surface area contributed by atoms with Crippen LogP contribution in [0.2, 0.25) is 0 Å². The second kappa shape index (κ2) is 4.56. The molecule has 0 amide bonds. The van der Waals surface area contributed by atoms with Crippen molar-refractivity contribution in [2.45, 2.75) is 13.0 Å². The fraction of sp³-hybridized carbons (Fsp3) is 0.500. The molecule has 0 aliphatic rings. The van der Waals surface area contributed by atoms with E-state index in [1.807, 2.05) is 21.0 Å². The molecule has 2 rings (SSSR count). The van der Waals surface area contributed by atoms with Crippen molar-refractivity contribution in [1.82, 2.24) is 29.9 Å². The van der Waals surface area contributed by atoms with Gasteiger partial charge in [0, 0.05) is 7.05 Å². The highest BCUT2D eigenvalue weighted by molar-refractivity contribution is 9.10. The van der Waals surface area contributed by atoms with Crippen molar-refractivity contribution in [2.24, 2.45) is 7.05 Å². The van der Waals surface area contributed by atoms with Gasteiger partial charge in [0.2, 0.25) is 0 Å². The van der Waals surface area contributed by atoms with Crippen LogP contribution in [0.1, 0.15) is 22.3 Å². The van der Waals surface area contributed by atoms with Gasteiger partial charge in [0.05, 0.1) is 22.3 Å². The molecule has 2 heterocycles. The van der Waals surface area contributed by atoms with Crippen LogP contribution in [0.5, 0.6) is 0 Å². The van der Waals surface area contributed by atoms with Crippen LogP contribution in [0.4, 0.5) is 0 Å². The lowest BCUT2D eigenvalue weighted by atomic mass is 10.1. The molecule has 2 aromatic rings. The van der Waals surface area contributed by atoms with E-state index in [9.17, 15) is 0 Å². The second-order valence-corrected chi connectivity index (χ2v) is 4.87. The summed E-state index contributed by atoms with van der Waals surface area (Å²) < 4.78 is 6.42. The summed E-state index contributed by atoms with van der Waals surface area (Å²) in [7, 11) is 3.75. The Hall–Kier alpha value is -0.860. The molecule has 1 unspecified atom stereocenters. The Morgan fingerprint density at radius 3 is 2.62 bits per heavy atom. The van der Waals surface area contributed by atoms with Gasteiger partial charge in [0.25, 0.3) is 0 Å². The molecule has 0 radical (unpaired) electrons. The smallest absolute Gasteiger partial charge is 0.153 e. The van der Waals surface area contributed by atoms with E-state index in [-0.39, 0.29) is 6.04 Å². The van der Waals surface area contributed by atoms with Gasteiger partial charge < -0.3 is 5.32 Å². The predicted molar refractivity (Wildman–Crippen MR) is 64.3 cm³/mol. The van der Waals surface area contributed by atoms with E-state index in [0.717, 1.165) is 20.9 Å². The number of nitrogens with zero attached hydrogens (tertiary/aromatic N) is 5. The zero-order valence-corrected chi connectivity index (χ0v) is 11.5. The summed E-state index contributed by atoms with van der Waals surface area (Å²) in [6, 6.07) is 0.00868. The van der Waals surface area contributed by atoms with Crippen LogP contribution in [0, 0.1) is 6.92 Å². The van der Waals surface area contributed by atoms with Gasteiger partial charge in [-0.1, -0.05) is 9.70 Å². The van der Waals surface area contributed by atoms with Crippen LogP contribution in [0.3, 0.4) is 0 Å². The van der Waals surface area contributed by atoms with Gasteiger partial charge >= 0.3 is 0 Å². The molecule has 2 aromatic heterocycles. The van der Waals surface area contributed by atoms with Crippen molar-refractivity contribution in [3.63, 3.8) is 0 Å². The van der Waals surface area contributed by atoms with E-state index >= 15 is 0 Å². The Morgan fingerprint density at radius 1 is 1.44 bits per heavy atom. The molecule has 1 atom stereocenters. The molecule has 0 bridgehead atoms. The average molecular weight is 303 g/mol. The lowest BCUT2D eigenvalue weighted by molar-refractivity contribution is 0.600. The maximum atomic E-state index is 4.02. The summed E-state index contributed by atoms with van der Waals surface area (Å²) in [5.74, 6) is 0. The normalized spacial score (nSPS) is 13.0. The van der Waals surface area contributed by atoms with E-state index in [2.05, 4.69) is 41.1 Å². The van der Waals surface area contributed by atoms with Crippen LogP contribution < -0.4 is 5.32 Å². The van der Waals surface area contributed by atoms with Crippen molar-refractivity contribution in [3.8, 4) is 0 Å². The maximum absolute atomic E-state index is 4.02. The molecule has 16 heavy (non-hydrogen) atoms. The van der Waals surface area contributed by atoms with Crippen molar-refractivity contribution in [1.29, 1.82) is 0 Å². The van der Waals surface area contributed by atoms with Crippen molar-refractivity contribution in [2.75, 3.05) is 7.05 Å². The Bertz CT molecular complexity index is 473. The van der Waals surface area contributed by atoms with Crippen LogP contribution in [0.25, 0.3) is 0 Å². The quantitative estimate of drug-likeness (QED) is 0.918. The average Bonchev–Trinajstić information content (AvgIpc) is 2.80. The molecule has 0 aliphatic heterocycles. The molecule has 0 saturated carbocycles. The third kappa shape index (κ3) is 1.87. The van der Waals surface area contributed by atoms with Crippen LogP contribution in [-0.4, -0.2) is 31.6 Å². The van der Waals surface area contributed by atoms with Crippen molar-refractivity contribution in [3.05, 3.63) is 20.9 Å². The fourth-order valence-electron chi connectivity index (χ4n) is 1.54. The molecule has 0 aliphatic carbocycles. The van der Waals surface area contributed by atoms with E-state index in [0.29, 0.717) is 0 Å². The Morgan fingerprint density at radius 2 is 2.19 bits per heavy atom. The first-order valence-corrected chi connectivity index (χ1v) is 6.23. The van der Waals surface area contributed by atoms with Crippen molar-refractivity contribution >= 4 is 27.5 Å². The Kier molecular flexibility index (Phi) is 3.31. The molecule has 1 N–H and O–H groups in total. The van der Waals surface area contributed by atoms with Gasteiger partial charge in [0.1, 0.15) is 0 Å². The van der Waals surface area contributed by atoms with Crippen LogP contribution in [-0.2, 0) is 7.05 Å². The highest BCUT2D eigenvalue weighted by Gasteiger charge is 2.24. The first-order chi connectivity index (χ1) is 7.65. The highest BCUT2D eigenvalue weighted by atomic mass is 79.9. The number of halogens is 1. The monoisotopic (exact) mass is 302 g/mol. The molecule has 0 spiro atoms. The zero-order chi connectivity index (χ0) is 11.7. The largest absolute Gasteiger partial charge is 0.307 e. The topological polar surface area (TPSA) is 68.5 Å². The summed E-state index contributed by atoms with van der Waals surface area (Å²) in [5, 5.41) is 15.2. The summed E-state index contributed by atoms with van der Waals surface area (Å²) >= 11 is 4.78. The van der Waals surface area contributed by atoms with E-state index in [1.54, 1.807) is 4.68 Å². The summed E-state index contributed by atoms with van der Waals surface area (Å²) in [5.41, 5.74) is 1.90. The van der Waals surface area contributed by atoms with Gasteiger partial charge in [-0.15, -0.1) is 10.2 Å². The SMILES string of the molecule is CNC(c1snnc1C)c1c(Br)nnn1C. The number of aromatic nitrogens is 5. The molecule has 6 nitrogen and oxygen atoms in total. The lowest BCUT2D eigenvalue weighted by Gasteiger charge is -2.14. The van der Waals surface area contributed by atoms with Crippen LogP contribution in [0.15, 0.2) is 4.60 Å². The van der Waals surface area contributed by atoms with Gasteiger partial charge in [-0.25, -0.2) is 4.68 Å².